The van der Waals surface area contributed by atoms with Gasteiger partial charge < -0.3 is 20.6 Å². The molecule has 112 valence electrons. The van der Waals surface area contributed by atoms with Gasteiger partial charge in [-0.15, -0.1) is 0 Å². The van der Waals surface area contributed by atoms with Crippen LogP contribution >= 0.6 is 0 Å². The van der Waals surface area contributed by atoms with E-state index in [-0.39, 0.29) is 11.5 Å². The Kier molecular flexibility index (Phi) is 4.06. The van der Waals surface area contributed by atoms with Crippen molar-refractivity contribution in [1.29, 1.82) is 0 Å². The highest BCUT2D eigenvalue weighted by Gasteiger charge is 2.30. The summed E-state index contributed by atoms with van der Waals surface area (Å²) in [6.07, 6.45) is 0.450. The highest BCUT2D eigenvalue weighted by Crippen LogP contribution is 2.20. The van der Waals surface area contributed by atoms with E-state index < -0.39 is 29.5 Å². The zero-order chi connectivity index (χ0) is 15.6. The lowest BCUT2D eigenvalue weighted by Crippen LogP contribution is -2.42. The maximum Gasteiger partial charge on any atom is 0.337 e. The molecule has 21 heavy (non-hydrogen) atoms. The van der Waals surface area contributed by atoms with Gasteiger partial charge in [0.15, 0.2) is 0 Å². The molecule has 0 bridgehead atoms. The van der Waals surface area contributed by atoms with E-state index in [2.05, 4.69) is 10.6 Å². The summed E-state index contributed by atoms with van der Waals surface area (Å²) in [6.45, 7) is 0.518. The molecule has 2 rings (SSSR count). The second kappa shape index (κ2) is 5.78. The Balaban J connectivity index is 2.10. The first-order valence-electron chi connectivity index (χ1n) is 6.24. The van der Waals surface area contributed by atoms with Gasteiger partial charge in [0.25, 0.3) is 0 Å². The molecule has 1 aromatic rings. The minimum atomic E-state index is -1.36. The third kappa shape index (κ3) is 3.10. The first-order chi connectivity index (χ1) is 9.90. The lowest BCUT2D eigenvalue weighted by atomic mass is 10.1. The van der Waals surface area contributed by atoms with E-state index in [1.807, 2.05) is 0 Å². The Morgan fingerprint density at radius 2 is 2.14 bits per heavy atom. The average Bonchev–Trinajstić information content (AvgIpc) is 2.73. The van der Waals surface area contributed by atoms with Crippen molar-refractivity contribution in [3.63, 3.8) is 0 Å². The van der Waals surface area contributed by atoms with Gasteiger partial charge in [-0.05, 0) is 18.6 Å². The number of rotatable bonds is 3. The van der Waals surface area contributed by atoms with Crippen LogP contribution in [0.1, 0.15) is 16.8 Å². The zero-order valence-corrected chi connectivity index (χ0v) is 11.2. The molecular formula is C13H14FN3O4. The number of likely N-dealkylation sites (tertiary alicyclic amines) is 1. The van der Waals surface area contributed by atoms with Gasteiger partial charge in [-0.2, -0.15) is 0 Å². The number of halogens is 1. The highest BCUT2D eigenvalue weighted by atomic mass is 19.1. The van der Waals surface area contributed by atoms with Gasteiger partial charge in [0.05, 0.1) is 11.3 Å². The summed E-state index contributed by atoms with van der Waals surface area (Å²) in [5.74, 6) is -2.46. The number of amides is 3. The summed E-state index contributed by atoms with van der Waals surface area (Å²) < 4.78 is 13.6. The maximum absolute atomic E-state index is 13.6. The van der Waals surface area contributed by atoms with Crippen LogP contribution in [0.4, 0.5) is 14.9 Å². The Morgan fingerprint density at radius 3 is 2.71 bits per heavy atom. The van der Waals surface area contributed by atoms with Crippen molar-refractivity contribution >= 4 is 23.6 Å². The van der Waals surface area contributed by atoms with Gasteiger partial charge in [0.1, 0.15) is 11.9 Å². The van der Waals surface area contributed by atoms with E-state index in [1.165, 1.54) is 17.0 Å². The number of urea groups is 1. The molecule has 0 spiro atoms. The van der Waals surface area contributed by atoms with Crippen LogP contribution in [0.15, 0.2) is 18.2 Å². The fourth-order valence-electron chi connectivity index (χ4n) is 2.09. The molecule has 1 atom stereocenters. The van der Waals surface area contributed by atoms with Crippen LogP contribution in [-0.2, 0) is 4.79 Å². The van der Waals surface area contributed by atoms with E-state index in [0.29, 0.717) is 13.0 Å². The van der Waals surface area contributed by atoms with Crippen LogP contribution in [0.3, 0.4) is 0 Å². The summed E-state index contributed by atoms with van der Waals surface area (Å²) in [5, 5.41) is 13.5. The number of carbonyl (C=O) groups excluding carboxylic acids is 2. The van der Waals surface area contributed by atoms with Crippen LogP contribution in [0, 0.1) is 5.82 Å². The topological polar surface area (TPSA) is 98.7 Å². The molecule has 3 amide bonds. The summed E-state index contributed by atoms with van der Waals surface area (Å²) >= 11 is 0. The second-order valence-corrected chi connectivity index (χ2v) is 4.67. The monoisotopic (exact) mass is 295 g/mol. The summed E-state index contributed by atoms with van der Waals surface area (Å²) in [6, 6.07) is 1.94. The van der Waals surface area contributed by atoms with E-state index >= 15 is 0 Å². The molecule has 1 heterocycles. The van der Waals surface area contributed by atoms with Crippen molar-refractivity contribution in [1.82, 2.24) is 10.2 Å². The number of hydrogen-bond donors (Lipinski definition) is 3. The van der Waals surface area contributed by atoms with Gasteiger partial charge in [-0.25, -0.2) is 14.0 Å². The number of nitrogens with one attached hydrogen (secondary N) is 2. The molecule has 1 saturated heterocycles. The van der Waals surface area contributed by atoms with Gasteiger partial charge in [0.2, 0.25) is 5.91 Å². The average molecular weight is 295 g/mol. The van der Waals surface area contributed by atoms with Gasteiger partial charge in [0, 0.05) is 13.6 Å². The van der Waals surface area contributed by atoms with Gasteiger partial charge >= 0.3 is 12.0 Å². The fraction of sp³-hybridized carbons (Fsp3) is 0.308. The molecule has 3 N–H and O–H groups in total. The van der Waals surface area contributed by atoms with Crippen LogP contribution in [0.5, 0.6) is 0 Å². The SMILES string of the molecule is CN1CCC(NC(=O)Nc2c(F)cccc2C(=O)O)C1=O. The molecule has 1 aliphatic heterocycles. The van der Waals surface area contributed by atoms with E-state index in [0.717, 1.165) is 6.07 Å². The lowest BCUT2D eigenvalue weighted by molar-refractivity contribution is -0.128. The molecule has 1 fully saturated rings. The third-order valence-corrected chi connectivity index (χ3v) is 3.22. The number of carboxylic acid groups (broad SMARTS) is 1. The largest absolute Gasteiger partial charge is 0.478 e. The standard InChI is InChI=1S/C13H14FN3O4/c1-17-6-5-9(11(17)18)15-13(21)16-10-7(12(19)20)3-2-4-8(10)14/h2-4,9H,5-6H2,1H3,(H,19,20)(H2,15,16,21). The fourth-order valence-corrected chi connectivity index (χ4v) is 2.09. The second-order valence-electron chi connectivity index (χ2n) is 4.67. The minimum absolute atomic E-state index is 0.239. The normalized spacial score (nSPS) is 17.7. The quantitative estimate of drug-likeness (QED) is 0.770. The Bertz CT molecular complexity index is 605. The van der Waals surface area contributed by atoms with Gasteiger partial charge in [-0.3, -0.25) is 4.79 Å². The van der Waals surface area contributed by atoms with E-state index in [1.54, 1.807) is 7.05 Å². The summed E-state index contributed by atoms with van der Waals surface area (Å²) in [5.41, 5.74) is -0.790. The molecule has 8 heteroatoms. The number of para-hydroxylation sites is 1. The molecule has 7 nitrogen and oxygen atoms in total. The Labute approximate surface area is 119 Å². The summed E-state index contributed by atoms with van der Waals surface area (Å²) in [7, 11) is 1.61. The number of hydrogen-bond acceptors (Lipinski definition) is 3. The Morgan fingerprint density at radius 1 is 1.43 bits per heavy atom. The minimum Gasteiger partial charge on any atom is -0.478 e. The zero-order valence-electron chi connectivity index (χ0n) is 11.2. The molecule has 0 radical (unpaired) electrons. The van der Waals surface area contributed by atoms with E-state index in [9.17, 15) is 18.8 Å². The summed E-state index contributed by atoms with van der Waals surface area (Å²) in [4.78, 5) is 35.9. The number of nitrogens with zero attached hydrogens (tertiary/aromatic N) is 1. The lowest BCUT2D eigenvalue weighted by Gasteiger charge is -2.14. The van der Waals surface area contributed by atoms with Crippen molar-refractivity contribution < 1.29 is 23.9 Å². The van der Waals surface area contributed by atoms with Crippen LogP contribution in [0.2, 0.25) is 0 Å². The molecule has 1 aromatic carbocycles. The van der Waals surface area contributed by atoms with Crippen molar-refractivity contribution in [2.75, 3.05) is 18.9 Å². The van der Waals surface area contributed by atoms with Gasteiger partial charge in [-0.1, -0.05) is 6.07 Å². The number of benzene rings is 1. The number of carboxylic acids is 1. The first kappa shape index (κ1) is 14.8. The number of carbonyl (C=O) groups is 3. The van der Waals surface area contributed by atoms with Crippen molar-refractivity contribution in [2.24, 2.45) is 0 Å². The molecule has 0 aliphatic carbocycles. The molecular weight excluding hydrogens is 281 g/mol. The molecule has 1 aliphatic rings. The predicted molar refractivity (Wildman–Crippen MR) is 71.6 cm³/mol. The van der Waals surface area contributed by atoms with Crippen LogP contribution in [0.25, 0.3) is 0 Å². The van der Waals surface area contributed by atoms with Crippen molar-refractivity contribution in [3.05, 3.63) is 29.6 Å². The van der Waals surface area contributed by atoms with Crippen molar-refractivity contribution in [3.8, 4) is 0 Å². The predicted octanol–water partition coefficient (Wildman–Crippen LogP) is 0.876. The molecule has 1 unspecified atom stereocenters. The highest BCUT2D eigenvalue weighted by molar-refractivity contribution is 6.01. The molecule has 0 aromatic heterocycles. The van der Waals surface area contributed by atoms with E-state index in [4.69, 9.17) is 5.11 Å². The van der Waals surface area contributed by atoms with Crippen molar-refractivity contribution in [2.45, 2.75) is 12.5 Å². The number of aromatic carboxylic acids is 1. The van der Waals surface area contributed by atoms with Crippen LogP contribution < -0.4 is 10.6 Å². The maximum atomic E-state index is 13.6. The number of anilines is 1. The smallest absolute Gasteiger partial charge is 0.337 e. The number of likely N-dealkylation sites (N-methyl/N-ethyl adjacent to an activating group) is 1. The van der Waals surface area contributed by atoms with Crippen LogP contribution in [-0.4, -0.2) is 47.5 Å². The Hall–Kier alpha value is -2.64. The third-order valence-electron chi connectivity index (χ3n) is 3.22. The molecule has 0 saturated carbocycles. The first-order valence-corrected chi connectivity index (χ1v) is 6.24.